The Labute approximate surface area is 115 Å². The first-order valence-corrected chi connectivity index (χ1v) is 6.61. The van der Waals surface area contributed by atoms with Crippen molar-refractivity contribution in [2.24, 2.45) is 0 Å². The highest BCUT2D eigenvalue weighted by Gasteiger charge is 2.29. The summed E-state index contributed by atoms with van der Waals surface area (Å²) >= 11 is 3.30. The van der Waals surface area contributed by atoms with E-state index in [4.69, 9.17) is 19.9 Å². The monoisotopic (exact) mass is 316 g/mol. The van der Waals surface area contributed by atoms with Gasteiger partial charge in [0.15, 0.2) is 5.79 Å². The van der Waals surface area contributed by atoms with E-state index < -0.39 is 5.79 Å². The van der Waals surface area contributed by atoms with Gasteiger partial charge in [-0.3, -0.25) is 0 Å². The molecule has 0 aromatic carbocycles. The molecule has 0 amide bonds. The molecule has 0 spiro atoms. The van der Waals surface area contributed by atoms with Crippen LogP contribution in [0.1, 0.15) is 20.3 Å². The average molecular weight is 317 g/mol. The quantitative estimate of drug-likeness (QED) is 0.927. The zero-order valence-corrected chi connectivity index (χ0v) is 12.1. The van der Waals surface area contributed by atoms with Crippen molar-refractivity contribution in [1.29, 1.82) is 0 Å². The number of pyridine rings is 1. The molecule has 1 aliphatic rings. The molecular formula is C12H17BrN2O3. The zero-order valence-electron chi connectivity index (χ0n) is 10.5. The molecule has 0 bridgehead atoms. The SMILES string of the molecule is CC1(C)OCCC(COc2ncc(Br)cc2N)O1. The van der Waals surface area contributed by atoms with Crippen LogP contribution in [-0.2, 0) is 9.47 Å². The molecule has 2 rings (SSSR count). The standard InChI is InChI=1S/C12H17BrN2O3/c1-12(2)17-4-3-9(18-12)7-16-11-10(14)5-8(13)6-15-11/h5-6,9H,3-4,7,14H2,1-2H3. The van der Waals surface area contributed by atoms with E-state index in [0.717, 1.165) is 10.9 Å². The fourth-order valence-electron chi connectivity index (χ4n) is 1.78. The van der Waals surface area contributed by atoms with Gasteiger partial charge in [-0.25, -0.2) is 4.98 Å². The third kappa shape index (κ3) is 3.57. The summed E-state index contributed by atoms with van der Waals surface area (Å²) in [5, 5.41) is 0. The Morgan fingerprint density at radius 1 is 1.61 bits per heavy atom. The first-order valence-electron chi connectivity index (χ1n) is 5.82. The van der Waals surface area contributed by atoms with E-state index in [-0.39, 0.29) is 6.10 Å². The summed E-state index contributed by atoms with van der Waals surface area (Å²) < 4.78 is 17.6. The molecule has 1 aromatic heterocycles. The van der Waals surface area contributed by atoms with Gasteiger partial charge in [0.1, 0.15) is 6.61 Å². The highest BCUT2D eigenvalue weighted by atomic mass is 79.9. The molecule has 6 heteroatoms. The molecule has 1 atom stereocenters. The van der Waals surface area contributed by atoms with Crippen molar-refractivity contribution in [2.45, 2.75) is 32.2 Å². The van der Waals surface area contributed by atoms with Gasteiger partial charge in [-0.2, -0.15) is 0 Å². The number of hydrogen-bond donors (Lipinski definition) is 1. The van der Waals surface area contributed by atoms with Crippen LogP contribution in [0.4, 0.5) is 5.69 Å². The zero-order chi connectivity index (χ0) is 13.2. The van der Waals surface area contributed by atoms with E-state index in [1.807, 2.05) is 13.8 Å². The molecule has 1 aliphatic heterocycles. The van der Waals surface area contributed by atoms with Gasteiger partial charge in [0.05, 0.1) is 18.4 Å². The smallest absolute Gasteiger partial charge is 0.237 e. The Kier molecular flexibility index (Phi) is 4.09. The Balaban J connectivity index is 1.91. The van der Waals surface area contributed by atoms with Crippen LogP contribution < -0.4 is 10.5 Å². The van der Waals surface area contributed by atoms with Crippen molar-refractivity contribution in [3.8, 4) is 5.88 Å². The number of nitrogens with two attached hydrogens (primary N) is 1. The Morgan fingerprint density at radius 2 is 2.39 bits per heavy atom. The minimum Gasteiger partial charge on any atom is -0.473 e. The van der Waals surface area contributed by atoms with Gasteiger partial charge in [0.2, 0.25) is 5.88 Å². The van der Waals surface area contributed by atoms with Gasteiger partial charge in [-0.05, 0) is 35.8 Å². The largest absolute Gasteiger partial charge is 0.473 e. The van der Waals surface area contributed by atoms with E-state index in [1.54, 1.807) is 12.3 Å². The number of rotatable bonds is 3. The molecule has 0 aliphatic carbocycles. The van der Waals surface area contributed by atoms with Crippen LogP contribution in [0.2, 0.25) is 0 Å². The predicted octanol–water partition coefficient (Wildman–Crippen LogP) is 2.35. The van der Waals surface area contributed by atoms with Crippen molar-refractivity contribution in [3.05, 3.63) is 16.7 Å². The van der Waals surface area contributed by atoms with Crippen molar-refractivity contribution in [3.63, 3.8) is 0 Å². The summed E-state index contributed by atoms with van der Waals surface area (Å²) in [6.45, 7) is 4.88. The van der Waals surface area contributed by atoms with Gasteiger partial charge in [0.25, 0.3) is 0 Å². The van der Waals surface area contributed by atoms with E-state index in [0.29, 0.717) is 24.8 Å². The molecule has 1 unspecified atom stereocenters. The lowest BCUT2D eigenvalue weighted by atomic mass is 10.2. The lowest BCUT2D eigenvalue weighted by molar-refractivity contribution is -0.276. The van der Waals surface area contributed by atoms with Gasteiger partial charge < -0.3 is 19.9 Å². The second kappa shape index (κ2) is 5.42. The number of aromatic nitrogens is 1. The summed E-state index contributed by atoms with van der Waals surface area (Å²) in [5.74, 6) is -0.114. The summed E-state index contributed by atoms with van der Waals surface area (Å²) in [6.07, 6.45) is 2.46. The maximum Gasteiger partial charge on any atom is 0.237 e. The van der Waals surface area contributed by atoms with Crippen LogP contribution in [-0.4, -0.2) is 30.1 Å². The van der Waals surface area contributed by atoms with Gasteiger partial charge in [-0.1, -0.05) is 0 Å². The lowest BCUT2D eigenvalue weighted by Gasteiger charge is -2.35. The van der Waals surface area contributed by atoms with Crippen LogP contribution in [0.5, 0.6) is 5.88 Å². The molecule has 18 heavy (non-hydrogen) atoms. The molecule has 1 fully saturated rings. The molecule has 2 heterocycles. The maximum absolute atomic E-state index is 5.81. The second-order valence-electron chi connectivity index (χ2n) is 4.64. The minimum atomic E-state index is -0.551. The number of ether oxygens (including phenoxy) is 3. The van der Waals surface area contributed by atoms with Crippen LogP contribution in [0.25, 0.3) is 0 Å². The summed E-state index contributed by atoms with van der Waals surface area (Å²) in [6, 6.07) is 1.76. The first-order chi connectivity index (χ1) is 8.46. The van der Waals surface area contributed by atoms with E-state index in [9.17, 15) is 0 Å². The molecule has 1 aromatic rings. The Hall–Kier alpha value is -0.850. The van der Waals surface area contributed by atoms with Crippen molar-refractivity contribution >= 4 is 21.6 Å². The Bertz CT molecular complexity index is 426. The van der Waals surface area contributed by atoms with Gasteiger partial charge >= 0.3 is 0 Å². The van der Waals surface area contributed by atoms with Crippen molar-refractivity contribution in [1.82, 2.24) is 4.98 Å². The normalized spacial score (nSPS) is 22.7. The lowest BCUT2D eigenvalue weighted by Crippen LogP contribution is -2.42. The number of hydrogen-bond acceptors (Lipinski definition) is 5. The van der Waals surface area contributed by atoms with Crippen LogP contribution >= 0.6 is 15.9 Å². The number of halogens is 1. The van der Waals surface area contributed by atoms with Crippen molar-refractivity contribution in [2.75, 3.05) is 18.9 Å². The highest BCUT2D eigenvalue weighted by molar-refractivity contribution is 9.10. The predicted molar refractivity (Wildman–Crippen MR) is 71.4 cm³/mol. The molecule has 100 valence electrons. The van der Waals surface area contributed by atoms with Crippen LogP contribution in [0, 0.1) is 0 Å². The van der Waals surface area contributed by atoms with Gasteiger partial charge in [-0.15, -0.1) is 0 Å². The van der Waals surface area contributed by atoms with E-state index >= 15 is 0 Å². The van der Waals surface area contributed by atoms with Crippen molar-refractivity contribution < 1.29 is 14.2 Å². The number of anilines is 1. The fraction of sp³-hybridized carbons (Fsp3) is 0.583. The maximum atomic E-state index is 5.81. The molecular weight excluding hydrogens is 300 g/mol. The topological polar surface area (TPSA) is 66.6 Å². The number of nitrogen functional groups attached to an aromatic ring is 1. The minimum absolute atomic E-state index is 0.00130. The molecule has 1 saturated heterocycles. The fourth-order valence-corrected chi connectivity index (χ4v) is 2.13. The first kappa shape index (κ1) is 13.6. The van der Waals surface area contributed by atoms with Gasteiger partial charge in [0, 0.05) is 17.1 Å². The van der Waals surface area contributed by atoms with Crippen LogP contribution in [0.15, 0.2) is 16.7 Å². The summed E-state index contributed by atoms with van der Waals surface area (Å²) in [7, 11) is 0. The third-order valence-electron chi connectivity index (χ3n) is 2.59. The summed E-state index contributed by atoms with van der Waals surface area (Å²) in [4.78, 5) is 4.12. The number of nitrogens with zero attached hydrogens (tertiary/aromatic N) is 1. The highest BCUT2D eigenvalue weighted by Crippen LogP contribution is 2.25. The Morgan fingerprint density at radius 3 is 3.06 bits per heavy atom. The van der Waals surface area contributed by atoms with E-state index in [1.165, 1.54) is 0 Å². The van der Waals surface area contributed by atoms with E-state index in [2.05, 4.69) is 20.9 Å². The summed E-state index contributed by atoms with van der Waals surface area (Å²) in [5.41, 5.74) is 6.32. The molecule has 5 nitrogen and oxygen atoms in total. The molecule has 0 radical (unpaired) electrons. The third-order valence-corrected chi connectivity index (χ3v) is 3.03. The average Bonchev–Trinajstić information content (AvgIpc) is 2.26. The molecule has 0 saturated carbocycles. The second-order valence-corrected chi connectivity index (χ2v) is 5.55. The van der Waals surface area contributed by atoms with Crippen LogP contribution in [0.3, 0.4) is 0 Å². The molecule has 2 N–H and O–H groups in total.